The van der Waals surface area contributed by atoms with Crippen molar-refractivity contribution in [3.63, 3.8) is 0 Å². The summed E-state index contributed by atoms with van der Waals surface area (Å²) in [5, 5.41) is 0. The van der Waals surface area contributed by atoms with E-state index in [0.29, 0.717) is 6.54 Å². The number of hydrogen-bond acceptors (Lipinski definition) is 3. The molecule has 0 aliphatic carbocycles. The highest BCUT2D eigenvalue weighted by Gasteiger charge is 2.23. The van der Waals surface area contributed by atoms with Crippen LogP contribution in [0, 0.1) is 6.92 Å². The number of furan rings is 1. The topological polar surface area (TPSA) is 42.4 Å². The van der Waals surface area contributed by atoms with Gasteiger partial charge in [-0.25, -0.2) is 0 Å². The summed E-state index contributed by atoms with van der Waals surface area (Å²) in [5.41, 5.74) is 8.37. The quantitative estimate of drug-likeness (QED) is 0.908. The smallest absolute Gasteiger partial charge is 0.141 e. The molecule has 1 aromatic heterocycles. The normalized spacial score (nSPS) is 12.4. The van der Waals surface area contributed by atoms with Gasteiger partial charge in [0.2, 0.25) is 0 Å². The van der Waals surface area contributed by atoms with E-state index in [-0.39, 0.29) is 6.04 Å². The SMILES string of the molecule is CCN(c1cccc(C)c1)C(CN)c1occc1Br. The van der Waals surface area contributed by atoms with Gasteiger partial charge in [-0.1, -0.05) is 12.1 Å². The van der Waals surface area contributed by atoms with Crippen molar-refractivity contribution in [2.45, 2.75) is 19.9 Å². The van der Waals surface area contributed by atoms with Gasteiger partial charge in [0.25, 0.3) is 0 Å². The van der Waals surface area contributed by atoms with Crippen LogP contribution < -0.4 is 10.6 Å². The van der Waals surface area contributed by atoms with E-state index in [2.05, 4.69) is 58.9 Å². The lowest BCUT2D eigenvalue weighted by atomic mass is 10.1. The van der Waals surface area contributed by atoms with Gasteiger partial charge in [0.1, 0.15) is 11.8 Å². The third kappa shape index (κ3) is 3.01. The van der Waals surface area contributed by atoms with Crippen LogP contribution in [-0.2, 0) is 0 Å². The number of likely N-dealkylation sites (N-methyl/N-ethyl adjacent to an activating group) is 1. The van der Waals surface area contributed by atoms with Crippen LogP contribution in [0.4, 0.5) is 5.69 Å². The van der Waals surface area contributed by atoms with Crippen LogP contribution >= 0.6 is 15.9 Å². The number of halogens is 1. The van der Waals surface area contributed by atoms with Gasteiger partial charge in [0, 0.05) is 18.8 Å². The van der Waals surface area contributed by atoms with Gasteiger partial charge in [-0.05, 0) is 53.5 Å². The highest BCUT2D eigenvalue weighted by atomic mass is 79.9. The van der Waals surface area contributed by atoms with E-state index in [1.54, 1.807) is 6.26 Å². The molecule has 1 unspecified atom stereocenters. The Kier molecular flexibility index (Phi) is 4.66. The lowest BCUT2D eigenvalue weighted by Crippen LogP contribution is -2.33. The molecule has 2 N–H and O–H groups in total. The molecule has 0 aliphatic rings. The highest BCUT2D eigenvalue weighted by molar-refractivity contribution is 9.10. The van der Waals surface area contributed by atoms with Crippen molar-refractivity contribution in [2.75, 3.05) is 18.0 Å². The molecule has 0 fully saturated rings. The molecule has 1 aromatic carbocycles. The van der Waals surface area contributed by atoms with E-state index in [1.807, 2.05) is 6.07 Å². The number of aryl methyl sites for hydroxylation is 1. The maximum atomic E-state index is 5.96. The largest absolute Gasteiger partial charge is 0.466 e. The number of anilines is 1. The molecule has 0 spiro atoms. The lowest BCUT2D eigenvalue weighted by molar-refractivity contribution is 0.451. The first kappa shape index (κ1) is 14.2. The third-order valence-corrected chi connectivity index (χ3v) is 3.88. The van der Waals surface area contributed by atoms with Crippen molar-refractivity contribution >= 4 is 21.6 Å². The van der Waals surface area contributed by atoms with E-state index < -0.39 is 0 Å². The van der Waals surface area contributed by atoms with Gasteiger partial charge in [-0.3, -0.25) is 0 Å². The molecule has 1 atom stereocenters. The first-order valence-electron chi connectivity index (χ1n) is 6.43. The van der Waals surface area contributed by atoms with Gasteiger partial charge in [-0.15, -0.1) is 0 Å². The predicted octanol–water partition coefficient (Wildman–Crippen LogP) is 3.88. The molecule has 2 rings (SSSR count). The van der Waals surface area contributed by atoms with E-state index >= 15 is 0 Å². The van der Waals surface area contributed by atoms with Crippen LogP contribution in [-0.4, -0.2) is 13.1 Å². The molecule has 19 heavy (non-hydrogen) atoms. The average molecular weight is 323 g/mol. The second-order valence-electron chi connectivity index (χ2n) is 4.51. The zero-order chi connectivity index (χ0) is 13.8. The fourth-order valence-electron chi connectivity index (χ4n) is 2.31. The van der Waals surface area contributed by atoms with E-state index in [4.69, 9.17) is 10.2 Å². The number of benzene rings is 1. The molecule has 3 nitrogen and oxygen atoms in total. The standard InChI is InChI=1S/C15H19BrN2O/c1-3-18(12-6-4-5-11(2)9-12)14(10-17)15-13(16)7-8-19-15/h4-9,14H,3,10,17H2,1-2H3. The van der Waals surface area contributed by atoms with Crippen molar-refractivity contribution in [3.8, 4) is 0 Å². The van der Waals surface area contributed by atoms with Crippen molar-refractivity contribution < 1.29 is 4.42 Å². The summed E-state index contributed by atoms with van der Waals surface area (Å²) in [6.45, 7) is 5.60. The Bertz CT molecular complexity index is 538. The van der Waals surface area contributed by atoms with Crippen LogP contribution in [0.3, 0.4) is 0 Å². The molecule has 0 radical (unpaired) electrons. The molecule has 1 heterocycles. The van der Waals surface area contributed by atoms with Gasteiger partial charge in [0.15, 0.2) is 0 Å². The summed E-state index contributed by atoms with van der Waals surface area (Å²) in [5.74, 6) is 0.880. The minimum absolute atomic E-state index is 0.0381. The van der Waals surface area contributed by atoms with Crippen LogP contribution in [0.2, 0.25) is 0 Å². The molecule has 4 heteroatoms. The van der Waals surface area contributed by atoms with Crippen LogP contribution in [0.1, 0.15) is 24.3 Å². The molecule has 2 aromatic rings. The maximum Gasteiger partial charge on any atom is 0.141 e. The molecular formula is C15H19BrN2O. The Labute approximate surface area is 122 Å². The highest BCUT2D eigenvalue weighted by Crippen LogP contribution is 2.31. The van der Waals surface area contributed by atoms with E-state index in [0.717, 1.165) is 16.8 Å². The Morgan fingerprint density at radius 3 is 2.68 bits per heavy atom. The van der Waals surface area contributed by atoms with Gasteiger partial charge in [0.05, 0.1) is 10.7 Å². The Hall–Kier alpha value is -1.26. The molecule has 0 aliphatic heterocycles. The summed E-state index contributed by atoms with van der Waals surface area (Å²) >= 11 is 3.52. The zero-order valence-corrected chi connectivity index (χ0v) is 12.9. The number of rotatable bonds is 5. The fourth-order valence-corrected chi connectivity index (χ4v) is 2.77. The molecule has 0 saturated heterocycles. The van der Waals surface area contributed by atoms with Crippen LogP contribution in [0.25, 0.3) is 0 Å². The van der Waals surface area contributed by atoms with Crippen LogP contribution in [0.15, 0.2) is 45.5 Å². The van der Waals surface area contributed by atoms with Crippen molar-refractivity contribution in [1.29, 1.82) is 0 Å². The minimum Gasteiger partial charge on any atom is -0.466 e. The van der Waals surface area contributed by atoms with E-state index in [1.165, 1.54) is 11.3 Å². The predicted molar refractivity (Wildman–Crippen MR) is 82.4 cm³/mol. The first-order chi connectivity index (χ1) is 9.17. The summed E-state index contributed by atoms with van der Waals surface area (Å²) < 4.78 is 6.55. The van der Waals surface area contributed by atoms with Crippen molar-refractivity contribution in [3.05, 3.63) is 52.4 Å². The van der Waals surface area contributed by atoms with Crippen molar-refractivity contribution in [2.24, 2.45) is 5.73 Å². The first-order valence-corrected chi connectivity index (χ1v) is 7.23. The Balaban J connectivity index is 2.37. The summed E-state index contributed by atoms with van der Waals surface area (Å²) in [6.07, 6.45) is 1.69. The second kappa shape index (κ2) is 6.26. The minimum atomic E-state index is 0.0381. The summed E-state index contributed by atoms with van der Waals surface area (Å²) in [7, 11) is 0. The molecule has 0 bridgehead atoms. The Morgan fingerprint density at radius 2 is 2.16 bits per heavy atom. The maximum absolute atomic E-state index is 5.96. The van der Waals surface area contributed by atoms with E-state index in [9.17, 15) is 0 Å². The fraction of sp³-hybridized carbons (Fsp3) is 0.333. The monoisotopic (exact) mass is 322 g/mol. The number of nitrogens with zero attached hydrogens (tertiary/aromatic N) is 1. The average Bonchev–Trinajstić information content (AvgIpc) is 2.82. The number of hydrogen-bond donors (Lipinski definition) is 1. The molecule has 0 amide bonds. The zero-order valence-electron chi connectivity index (χ0n) is 11.3. The van der Waals surface area contributed by atoms with Gasteiger partial charge < -0.3 is 15.1 Å². The second-order valence-corrected chi connectivity index (χ2v) is 5.36. The third-order valence-electron chi connectivity index (χ3n) is 3.22. The molecule has 102 valence electrons. The molecule has 0 saturated carbocycles. The Morgan fingerprint density at radius 1 is 1.37 bits per heavy atom. The number of nitrogens with two attached hydrogens (primary N) is 1. The van der Waals surface area contributed by atoms with Crippen molar-refractivity contribution in [1.82, 2.24) is 0 Å². The van der Waals surface area contributed by atoms with Crippen LogP contribution in [0.5, 0.6) is 0 Å². The lowest BCUT2D eigenvalue weighted by Gasteiger charge is -2.31. The van der Waals surface area contributed by atoms with Gasteiger partial charge in [-0.2, -0.15) is 0 Å². The van der Waals surface area contributed by atoms with Gasteiger partial charge >= 0.3 is 0 Å². The molecular weight excluding hydrogens is 304 g/mol. The summed E-state index contributed by atoms with van der Waals surface area (Å²) in [6, 6.07) is 10.4. The summed E-state index contributed by atoms with van der Waals surface area (Å²) in [4.78, 5) is 2.26.